The number of benzene rings is 1. The van der Waals surface area contributed by atoms with Gasteiger partial charge in [0.25, 0.3) is 0 Å². The van der Waals surface area contributed by atoms with Crippen molar-refractivity contribution in [2.24, 2.45) is 11.3 Å². The molecule has 0 aliphatic carbocycles. The van der Waals surface area contributed by atoms with E-state index in [9.17, 15) is 13.2 Å². The third-order valence-corrected chi connectivity index (χ3v) is 3.45. The number of rotatable bonds is 3. The average molecular weight is 295 g/mol. The van der Waals surface area contributed by atoms with Crippen LogP contribution in [0.25, 0.3) is 0 Å². The quantitative estimate of drug-likeness (QED) is 0.723. The number of hydrogen-bond donors (Lipinski definition) is 0. The first-order valence-electron chi connectivity index (χ1n) is 6.01. The first-order chi connectivity index (χ1) is 8.51. The fraction of sp³-hybridized carbons (Fsp3) is 0.571. The maximum absolute atomic E-state index is 12.8. The Balaban J connectivity index is 2.90. The molecule has 5 heteroatoms. The highest BCUT2D eigenvalue weighted by molar-refractivity contribution is 6.30. The van der Waals surface area contributed by atoms with E-state index in [0.717, 1.165) is 6.07 Å². The molecule has 0 aliphatic heterocycles. The van der Waals surface area contributed by atoms with Gasteiger partial charge in [0, 0.05) is 5.02 Å². The van der Waals surface area contributed by atoms with Crippen LogP contribution in [-0.4, -0.2) is 6.61 Å². The summed E-state index contributed by atoms with van der Waals surface area (Å²) in [5.41, 5.74) is -0.855. The predicted molar refractivity (Wildman–Crippen MR) is 70.6 cm³/mol. The molecule has 0 radical (unpaired) electrons. The molecule has 0 N–H and O–H groups in total. The van der Waals surface area contributed by atoms with Gasteiger partial charge in [-0.15, -0.1) is 0 Å². The van der Waals surface area contributed by atoms with Crippen LogP contribution in [0.5, 0.6) is 5.75 Å². The Morgan fingerprint density at radius 2 is 1.79 bits per heavy atom. The third kappa shape index (κ3) is 4.60. The summed E-state index contributed by atoms with van der Waals surface area (Å²) in [6.45, 7) is 8.24. The van der Waals surface area contributed by atoms with Gasteiger partial charge in [-0.2, -0.15) is 13.2 Å². The highest BCUT2D eigenvalue weighted by Crippen LogP contribution is 2.38. The summed E-state index contributed by atoms with van der Waals surface area (Å²) in [4.78, 5) is 0. The molecule has 0 saturated heterocycles. The molecular formula is C14H18ClF3O. The molecule has 0 amide bonds. The van der Waals surface area contributed by atoms with Gasteiger partial charge in [0.1, 0.15) is 5.75 Å². The van der Waals surface area contributed by atoms with Crippen molar-refractivity contribution in [3.63, 3.8) is 0 Å². The first-order valence-corrected chi connectivity index (χ1v) is 6.39. The number of ether oxygens (including phenoxy) is 1. The lowest BCUT2D eigenvalue weighted by Crippen LogP contribution is -2.24. The van der Waals surface area contributed by atoms with Crippen LogP contribution in [-0.2, 0) is 6.18 Å². The van der Waals surface area contributed by atoms with Gasteiger partial charge < -0.3 is 4.74 Å². The van der Waals surface area contributed by atoms with Crippen LogP contribution >= 0.6 is 11.6 Å². The Kier molecular flexibility index (Phi) is 4.77. The highest BCUT2D eigenvalue weighted by Gasteiger charge is 2.35. The van der Waals surface area contributed by atoms with Crippen molar-refractivity contribution in [2.75, 3.05) is 6.61 Å². The summed E-state index contributed by atoms with van der Waals surface area (Å²) < 4.78 is 43.9. The fourth-order valence-corrected chi connectivity index (χ4v) is 1.49. The molecule has 0 aliphatic rings. The minimum Gasteiger partial charge on any atom is -0.493 e. The molecule has 0 saturated carbocycles. The van der Waals surface area contributed by atoms with E-state index >= 15 is 0 Å². The Labute approximate surface area is 116 Å². The number of alkyl halides is 3. The summed E-state index contributed by atoms with van der Waals surface area (Å²) in [6, 6.07) is 3.55. The van der Waals surface area contributed by atoms with Crippen LogP contribution in [0.1, 0.15) is 33.3 Å². The van der Waals surface area contributed by atoms with E-state index in [1.54, 1.807) is 0 Å². The van der Waals surface area contributed by atoms with Gasteiger partial charge in [-0.1, -0.05) is 39.3 Å². The van der Waals surface area contributed by atoms with Gasteiger partial charge in [0.15, 0.2) is 0 Å². The fourth-order valence-electron chi connectivity index (χ4n) is 1.31. The van der Waals surface area contributed by atoms with Crippen LogP contribution in [0.3, 0.4) is 0 Å². The van der Waals surface area contributed by atoms with Crippen molar-refractivity contribution in [1.82, 2.24) is 0 Å². The number of halogens is 4. The maximum Gasteiger partial charge on any atom is 0.420 e. The second-order valence-corrected chi connectivity index (χ2v) is 6.15. The molecule has 0 fully saturated rings. The maximum atomic E-state index is 12.8. The zero-order valence-electron chi connectivity index (χ0n) is 11.4. The van der Waals surface area contributed by atoms with E-state index in [1.165, 1.54) is 12.1 Å². The summed E-state index contributed by atoms with van der Waals surface area (Å²) >= 11 is 5.60. The molecule has 0 aromatic heterocycles. The first kappa shape index (κ1) is 16.2. The molecule has 1 aromatic rings. The monoisotopic (exact) mass is 294 g/mol. The summed E-state index contributed by atoms with van der Waals surface area (Å²) in [5, 5.41) is 0.0449. The SMILES string of the molecule is C[C@@H](COc1ccc(Cl)cc1C(F)(F)F)C(C)(C)C. The van der Waals surface area contributed by atoms with Crippen molar-refractivity contribution < 1.29 is 17.9 Å². The summed E-state index contributed by atoms with van der Waals surface area (Å²) in [6.07, 6.45) is -4.47. The van der Waals surface area contributed by atoms with E-state index in [4.69, 9.17) is 16.3 Å². The van der Waals surface area contributed by atoms with Gasteiger partial charge in [-0.25, -0.2) is 0 Å². The van der Waals surface area contributed by atoms with E-state index < -0.39 is 11.7 Å². The Bertz CT molecular complexity index is 435. The molecule has 1 nitrogen and oxygen atoms in total. The molecule has 1 aromatic carbocycles. The molecule has 108 valence electrons. The normalized spacial score (nSPS) is 14.3. The van der Waals surface area contributed by atoms with Crippen LogP contribution in [0.15, 0.2) is 18.2 Å². The molecule has 0 unspecified atom stereocenters. The van der Waals surface area contributed by atoms with E-state index in [1.807, 2.05) is 27.7 Å². The molecule has 0 bridgehead atoms. The Morgan fingerprint density at radius 1 is 1.21 bits per heavy atom. The van der Waals surface area contributed by atoms with Gasteiger partial charge in [0.05, 0.1) is 12.2 Å². The van der Waals surface area contributed by atoms with Gasteiger partial charge >= 0.3 is 6.18 Å². The summed E-state index contributed by atoms with van der Waals surface area (Å²) in [7, 11) is 0. The number of hydrogen-bond acceptors (Lipinski definition) is 1. The minimum absolute atomic E-state index is 0.0230. The lowest BCUT2D eigenvalue weighted by Gasteiger charge is -2.27. The minimum atomic E-state index is -4.47. The summed E-state index contributed by atoms with van der Waals surface area (Å²) in [5.74, 6) is -0.0442. The standard InChI is InChI=1S/C14H18ClF3O/c1-9(13(2,3)4)8-19-12-6-5-10(15)7-11(12)14(16,17)18/h5-7,9H,8H2,1-4H3/t9-/m0/s1. The van der Waals surface area contributed by atoms with E-state index in [0.29, 0.717) is 0 Å². The van der Waals surface area contributed by atoms with Crippen molar-refractivity contribution in [3.05, 3.63) is 28.8 Å². The second kappa shape index (κ2) is 5.61. The Hall–Kier alpha value is -0.900. The molecule has 19 heavy (non-hydrogen) atoms. The predicted octanol–water partition coefficient (Wildman–Crippen LogP) is 5.42. The van der Waals surface area contributed by atoms with Crippen molar-refractivity contribution in [3.8, 4) is 5.75 Å². The molecule has 0 heterocycles. The van der Waals surface area contributed by atoms with E-state index in [-0.39, 0.29) is 28.7 Å². The zero-order valence-corrected chi connectivity index (χ0v) is 12.2. The lowest BCUT2D eigenvalue weighted by molar-refractivity contribution is -0.139. The Morgan fingerprint density at radius 3 is 2.26 bits per heavy atom. The highest BCUT2D eigenvalue weighted by atomic mass is 35.5. The zero-order chi connectivity index (χ0) is 14.8. The van der Waals surface area contributed by atoms with Gasteiger partial charge in [-0.3, -0.25) is 0 Å². The van der Waals surface area contributed by atoms with Crippen LogP contribution in [0, 0.1) is 11.3 Å². The topological polar surface area (TPSA) is 9.23 Å². The average Bonchev–Trinajstić information content (AvgIpc) is 2.24. The van der Waals surface area contributed by atoms with Gasteiger partial charge in [0.2, 0.25) is 0 Å². The van der Waals surface area contributed by atoms with Crippen LogP contribution < -0.4 is 4.74 Å². The third-order valence-electron chi connectivity index (χ3n) is 3.21. The molecule has 1 atom stereocenters. The smallest absolute Gasteiger partial charge is 0.420 e. The van der Waals surface area contributed by atoms with Crippen molar-refractivity contribution >= 4 is 11.6 Å². The van der Waals surface area contributed by atoms with Crippen molar-refractivity contribution in [2.45, 2.75) is 33.9 Å². The molecular weight excluding hydrogens is 277 g/mol. The largest absolute Gasteiger partial charge is 0.493 e. The second-order valence-electron chi connectivity index (χ2n) is 5.72. The van der Waals surface area contributed by atoms with E-state index in [2.05, 4.69) is 0 Å². The van der Waals surface area contributed by atoms with Crippen LogP contribution in [0.2, 0.25) is 5.02 Å². The lowest BCUT2D eigenvalue weighted by atomic mass is 9.83. The van der Waals surface area contributed by atoms with Crippen molar-refractivity contribution in [1.29, 1.82) is 0 Å². The van der Waals surface area contributed by atoms with Crippen LogP contribution in [0.4, 0.5) is 13.2 Å². The van der Waals surface area contributed by atoms with Gasteiger partial charge in [-0.05, 0) is 29.5 Å². The molecule has 0 spiro atoms. The molecule has 1 rings (SSSR count).